The second-order valence-corrected chi connectivity index (χ2v) is 6.84. The van der Waals surface area contributed by atoms with Crippen molar-refractivity contribution >= 4 is 11.9 Å². The molecule has 4 rings (SSSR count). The normalized spacial score (nSPS) is 18.6. The Morgan fingerprint density at radius 3 is 2.68 bits per heavy atom. The first-order valence-corrected chi connectivity index (χ1v) is 9.43. The Kier molecular flexibility index (Phi) is 5.60. The molecular weight excluding hydrogens is 358 g/mol. The molecule has 0 bridgehead atoms. The molecule has 2 aromatic rings. The van der Waals surface area contributed by atoms with Crippen LogP contribution in [0.15, 0.2) is 48.0 Å². The Morgan fingerprint density at radius 1 is 1.11 bits per heavy atom. The average molecular weight is 381 g/mol. The van der Waals surface area contributed by atoms with Crippen LogP contribution in [0.1, 0.15) is 15.9 Å². The number of nitrogens with zero attached hydrogens (tertiary/aromatic N) is 1. The number of phenolic OH excluding ortho intramolecular Hbond substituents is 1. The summed E-state index contributed by atoms with van der Waals surface area (Å²) in [6.07, 6.45) is 1.83. The molecule has 6 nitrogen and oxygen atoms in total. The van der Waals surface area contributed by atoms with E-state index in [1.165, 1.54) is 12.1 Å². The number of ketones is 1. The Labute approximate surface area is 163 Å². The van der Waals surface area contributed by atoms with Gasteiger partial charge in [0, 0.05) is 31.3 Å². The van der Waals surface area contributed by atoms with Crippen molar-refractivity contribution in [2.75, 3.05) is 46.1 Å². The van der Waals surface area contributed by atoms with Crippen molar-refractivity contribution in [1.29, 1.82) is 0 Å². The van der Waals surface area contributed by atoms with Crippen LogP contribution in [0, 0.1) is 0 Å². The van der Waals surface area contributed by atoms with Crippen LogP contribution < -0.4 is 9.47 Å². The highest BCUT2D eigenvalue weighted by Gasteiger charge is 2.23. The van der Waals surface area contributed by atoms with Gasteiger partial charge in [-0.1, -0.05) is 12.1 Å². The molecule has 146 valence electrons. The third-order valence-electron chi connectivity index (χ3n) is 4.89. The molecule has 2 aromatic carbocycles. The fraction of sp³-hybridized carbons (Fsp3) is 0.318. The lowest BCUT2D eigenvalue weighted by molar-refractivity contribution is 0.0322. The number of carbonyl (C=O) groups is 1. The molecule has 0 saturated carbocycles. The Hall–Kier alpha value is -2.83. The summed E-state index contributed by atoms with van der Waals surface area (Å²) in [4.78, 5) is 15.0. The summed E-state index contributed by atoms with van der Waals surface area (Å²) in [5.74, 6) is 1.24. The van der Waals surface area contributed by atoms with E-state index in [-0.39, 0.29) is 18.1 Å². The minimum absolute atomic E-state index is 0.0768. The summed E-state index contributed by atoms with van der Waals surface area (Å²) >= 11 is 0. The molecule has 0 radical (unpaired) electrons. The zero-order valence-corrected chi connectivity index (χ0v) is 15.6. The van der Waals surface area contributed by atoms with Gasteiger partial charge in [0.05, 0.1) is 18.8 Å². The number of rotatable bonds is 5. The summed E-state index contributed by atoms with van der Waals surface area (Å²) < 4.78 is 16.8. The van der Waals surface area contributed by atoms with E-state index in [0.717, 1.165) is 44.2 Å². The predicted octanol–water partition coefficient (Wildman–Crippen LogP) is 2.76. The minimum atomic E-state index is -0.0768. The number of benzene rings is 2. The number of carbonyl (C=O) groups excluding carboxylic acids is 1. The number of phenols is 1. The summed E-state index contributed by atoms with van der Waals surface area (Å²) in [6.45, 7) is 5.19. The molecule has 0 unspecified atom stereocenters. The van der Waals surface area contributed by atoms with Gasteiger partial charge in [0.25, 0.3) is 0 Å². The molecule has 0 aliphatic carbocycles. The molecule has 6 heteroatoms. The van der Waals surface area contributed by atoms with E-state index in [2.05, 4.69) is 4.90 Å². The summed E-state index contributed by atoms with van der Waals surface area (Å²) in [5.41, 5.74) is 1.97. The fourth-order valence-electron chi connectivity index (χ4n) is 3.30. The van der Waals surface area contributed by atoms with Crippen LogP contribution >= 0.6 is 0 Å². The lowest BCUT2D eigenvalue weighted by Gasteiger charge is -2.26. The lowest BCUT2D eigenvalue weighted by Crippen LogP contribution is -2.38. The summed E-state index contributed by atoms with van der Waals surface area (Å²) in [5, 5.41) is 9.51. The zero-order valence-electron chi connectivity index (χ0n) is 15.6. The second-order valence-electron chi connectivity index (χ2n) is 6.84. The van der Waals surface area contributed by atoms with Crippen molar-refractivity contribution in [2.24, 2.45) is 0 Å². The minimum Gasteiger partial charge on any atom is -0.508 e. The number of hydrogen-bond acceptors (Lipinski definition) is 6. The number of fused-ring (bicyclic) bond motifs is 1. The standard InChI is InChI=1S/C22H23NO5/c24-18-3-6-20-21(14-18)28-15-17(22(20)25)13-16-1-4-19(5-2-16)27-12-9-23-7-10-26-11-8-23/h1-6,13-14,24H,7-12,15H2. The van der Waals surface area contributed by atoms with Gasteiger partial charge in [0.15, 0.2) is 5.78 Å². The number of aromatic hydroxyl groups is 1. The molecule has 0 spiro atoms. The van der Waals surface area contributed by atoms with Crippen LogP contribution in [0.5, 0.6) is 17.2 Å². The Morgan fingerprint density at radius 2 is 1.89 bits per heavy atom. The fourth-order valence-corrected chi connectivity index (χ4v) is 3.30. The highest BCUT2D eigenvalue weighted by atomic mass is 16.5. The van der Waals surface area contributed by atoms with Crippen LogP contribution in [0.3, 0.4) is 0 Å². The van der Waals surface area contributed by atoms with Gasteiger partial charge < -0.3 is 19.3 Å². The summed E-state index contributed by atoms with van der Waals surface area (Å²) in [7, 11) is 0. The van der Waals surface area contributed by atoms with Crippen molar-refractivity contribution in [1.82, 2.24) is 4.90 Å². The molecule has 1 saturated heterocycles. The SMILES string of the molecule is O=C1C(=Cc2ccc(OCCN3CCOCC3)cc2)COc2cc(O)ccc21. The third kappa shape index (κ3) is 4.35. The maximum Gasteiger partial charge on any atom is 0.196 e. The van der Waals surface area contributed by atoms with Crippen LogP contribution in [-0.4, -0.2) is 61.9 Å². The van der Waals surface area contributed by atoms with Gasteiger partial charge in [-0.25, -0.2) is 0 Å². The van der Waals surface area contributed by atoms with Gasteiger partial charge in [-0.15, -0.1) is 0 Å². The number of ether oxygens (including phenoxy) is 3. The second kappa shape index (κ2) is 8.46. The first kappa shape index (κ1) is 18.5. The molecule has 1 fully saturated rings. The van der Waals surface area contributed by atoms with E-state index in [1.54, 1.807) is 6.07 Å². The first-order chi connectivity index (χ1) is 13.7. The van der Waals surface area contributed by atoms with Crippen molar-refractivity contribution in [3.05, 3.63) is 59.2 Å². The largest absolute Gasteiger partial charge is 0.508 e. The van der Waals surface area contributed by atoms with E-state index in [0.29, 0.717) is 23.5 Å². The maximum absolute atomic E-state index is 12.6. The third-order valence-corrected chi connectivity index (χ3v) is 4.89. The van der Waals surface area contributed by atoms with Crippen molar-refractivity contribution in [2.45, 2.75) is 0 Å². The molecule has 2 heterocycles. The van der Waals surface area contributed by atoms with Gasteiger partial charge >= 0.3 is 0 Å². The summed E-state index contributed by atoms with van der Waals surface area (Å²) in [6, 6.07) is 12.2. The van der Waals surface area contributed by atoms with Gasteiger partial charge in [0.2, 0.25) is 0 Å². The lowest BCUT2D eigenvalue weighted by atomic mass is 9.98. The van der Waals surface area contributed by atoms with Gasteiger partial charge in [-0.3, -0.25) is 9.69 Å². The van der Waals surface area contributed by atoms with E-state index >= 15 is 0 Å². The van der Waals surface area contributed by atoms with Crippen LogP contribution in [0.2, 0.25) is 0 Å². The monoisotopic (exact) mass is 381 g/mol. The van der Waals surface area contributed by atoms with E-state index in [4.69, 9.17) is 14.2 Å². The molecule has 2 aliphatic heterocycles. The highest BCUT2D eigenvalue weighted by Crippen LogP contribution is 2.31. The van der Waals surface area contributed by atoms with E-state index < -0.39 is 0 Å². The van der Waals surface area contributed by atoms with Gasteiger partial charge in [-0.05, 0) is 35.9 Å². The molecule has 28 heavy (non-hydrogen) atoms. The topological polar surface area (TPSA) is 68.2 Å². The molecule has 1 N–H and O–H groups in total. The molecule has 0 amide bonds. The van der Waals surface area contributed by atoms with Crippen LogP contribution in [0.4, 0.5) is 0 Å². The Bertz CT molecular complexity index is 869. The molecule has 0 atom stereocenters. The quantitative estimate of drug-likeness (QED) is 0.804. The zero-order chi connectivity index (χ0) is 19.3. The molecule has 0 aromatic heterocycles. The van der Waals surface area contributed by atoms with Gasteiger partial charge in [0.1, 0.15) is 30.5 Å². The van der Waals surface area contributed by atoms with Crippen LogP contribution in [-0.2, 0) is 4.74 Å². The Balaban J connectivity index is 1.36. The maximum atomic E-state index is 12.6. The van der Waals surface area contributed by atoms with Crippen LogP contribution in [0.25, 0.3) is 6.08 Å². The number of Topliss-reactive ketones (excluding diaryl/α,β-unsaturated/α-hetero) is 1. The smallest absolute Gasteiger partial charge is 0.196 e. The highest BCUT2D eigenvalue weighted by molar-refractivity contribution is 6.14. The van der Waals surface area contributed by atoms with Gasteiger partial charge in [-0.2, -0.15) is 0 Å². The number of morpholine rings is 1. The van der Waals surface area contributed by atoms with Crippen molar-refractivity contribution < 1.29 is 24.1 Å². The predicted molar refractivity (Wildman–Crippen MR) is 105 cm³/mol. The molecule has 2 aliphatic rings. The molecular formula is C22H23NO5. The van der Waals surface area contributed by atoms with E-state index in [9.17, 15) is 9.90 Å². The van der Waals surface area contributed by atoms with Crippen molar-refractivity contribution in [3.8, 4) is 17.2 Å². The van der Waals surface area contributed by atoms with E-state index in [1.807, 2.05) is 30.3 Å². The first-order valence-electron chi connectivity index (χ1n) is 9.43. The number of hydrogen-bond donors (Lipinski definition) is 1. The van der Waals surface area contributed by atoms with Crippen molar-refractivity contribution in [3.63, 3.8) is 0 Å². The average Bonchev–Trinajstić information content (AvgIpc) is 2.72.